The van der Waals surface area contributed by atoms with E-state index in [1.807, 2.05) is 6.07 Å². The molecule has 6 heteroatoms. The Morgan fingerprint density at radius 3 is 2.95 bits per heavy atom. The summed E-state index contributed by atoms with van der Waals surface area (Å²) >= 11 is 1.38. The number of halogens is 1. The van der Waals surface area contributed by atoms with Gasteiger partial charge in [0.2, 0.25) is 0 Å². The van der Waals surface area contributed by atoms with Crippen molar-refractivity contribution in [1.29, 1.82) is 5.26 Å². The van der Waals surface area contributed by atoms with E-state index in [2.05, 4.69) is 4.98 Å². The zero-order valence-corrected chi connectivity index (χ0v) is 11.7. The van der Waals surface area contributed by atoms with Crippen molar-refractivity contribution in [2.75, 3.05) is 5.73 Å². The number of nitrogen functional groups attached to an aromatic ring is 1. The maximum absolute atomic E-state index is 13.2. The number of hydrogen-bond donors (Lipinski definition) is 1. The first-order valence-electron chi connectivity index (χ1n) is 6.13. The minimum Gasteiger partial charge on any atom is -0.431 e. The molecule has 0 aliphatic rings. The molecule has 0 saturated carbocycles. The molecule has 0 aliphatic carbocycles. The number of nitrogens with two attached hydrogens (primary N) is 1. The van der Waals surface area contributed by atoms with Gasteiger partial charge in [0.25, 0.3) is 5.22 Å². The molecule has 0 atom stereocenters. The van der Waals surface area contributed by atoms with E-state index in [-0.39, 0.29) is 5.56 Å². The van der Waals surface area contributed by atoms with Crippen molar-refractivity contribution in [3.05, 3.63) is 53.3 Å². The van der Waals surface area contributed by atoms with Gasteiger partial charge in [0, 0.05) is 11.4 Å². The number of nitriles is 1. The Labute approximate surface area is 124 Å². The lowest BCUT2D eigenvalue weighted by atomic mass is 10.1. The Morgan fingerprint density at radius 2 is 2.14 bits per heavy atom. The van der Waals surface area contributed by atoms with Gasteiger partial charge in [-0.25, -0.2) is 9.37 Å². The molecule has 0 spiro atoms. The molecule has 0 saturated heterocycles. The summed E-state index contributed by atoms with van der Waals surface area (Å²) in [4.78, 5) is 4.33. The van der Waals surface area contributed by atoms with Crippen LogP contribution in [0.5, 0.6) is 0 Å². The highest BCUT2D eigenvalue weighted by molar-refractivity contribution is 7.98. The Morgan fingerprint density at radius 1 is 1.29 bits per heavy atom. The molecule has 0 amide bonds. The minimum atomic E-state index is -0.511. The minimum absolute atomic E-state index is 0.0402. The van der Waals surface area contributed by atoms with Crippen LogP contribution in [0.15, 0.2) is 46.0 Å². The number of nitrogens with zero attached hydrogens (tertiary/aromatic N) is 2. The number of hydrogen-bond acceptors (Lipinski definition) is 5. The van der Waals surface area contributed by atoms with E-state index in [0.29, 0.717) is 27.8 Å². The average Bonchev–Trinajstić information content (AvgIpc) is 2.88. The zero-order valence-electron chi connectivity index (χ0n) is 10.8. The van der Waals surface area contributed by atoms with E-state index in [4.69, 9.17) is 15.4 Å². The molecule has 4 nitrogen and oxygen atoms in total. The monoisotopic (exact) mass is 299 g/mol. The summed E-state index contributed by atoms with van der Waals surface area (Å²) in [5.74, 6) is 0.0284. The van der Waals surface area contributed by atoms with Crippen LogP contribution >= 0.6 is 11.8 Å². The second-order valence-corrected chi connectivity index (χ2v) is 5.35. The summed E-state index contributed by atoms with van der Waals surface area (Å²) in [6.07, 6.45) is 0. The standard InChI is InChI=1S/C15H10FN3OS/c16-12-3-1-9(5-10(12)7-17)8-21-15-19-13-6-11(18)2-4-14(13)20-15/h1-6H,8,18H2. The van der Waals surface area contributed by atoms with Crippen molar-refractivity contribution >= 4 is 28.5 Å². The Hall–Kier alpha value is -2.52. The van der Waals surface area contributed by atoms with Crippen molar-refractivity contribution in [2.24, 2.45) is 0 Å². The maximum atomic E-state index is 13.2. The van der Waals surface area contributed by atoms with E-state index >= 15 is 0 Å². The fraction of sp³-hybridized carbons (Fsp3) is 0.0667. The molecule has 104 valence electrons. The Bertz CT molecular complexity index is 854. The van der Waals surface area contributed by atoms with Crippen LogP contribution in [-0.4, -0.2) is 4.98 Å². The number of oxazole rings is 1. The summed E-state index contributed by atoms with van der Waals surface area (Å²) < 4.78 is 18.8. The summed E-state index contributed by atoms with van der Waals surface area (Å²) in [7, 11) is 0. The largest absolute Gasteiger partial charge is 0.431 e. The Balaban J connectivity index is 1.78. The van der Waals surface area contributed by atoms with Gasteiger partial charge in [-0.15, -0.1) is 0 Å². The van der Waals surface area contributed by atoms with Crippen molar-refractivity contribution in [2.45, 2.75) is 11.0 Å². The normalized spacial score (nSPS) is 10.7. The van der Waals surface area contributed by atoms with Crippen LogP contribution < -0.4 is 5.73 Å². The molecular formula is C15H10FN3OS. The topological polar surface area (TPSA) is 75.8 Å². The van der Waals surface area contributed by atoms with E-state index in [1.54, 1.807) is 24.3 Å². The summed E-state index contributed by atoms with van der Waals surface area (Å²) in [5.41, 5.74) is 8.57. The van der Waals surface area contributed by atoms with Gasteiger partial charge in [0.15, 0.2) is 5.58 Å². The number of aromatic nitrogens is 1. The van der Waals surface area contributed by atoms with Gasteiger partial charge in [-0.05, 0) is 35.9 Å². The molecule has 2 aromatic carbocycles. The number of fused-ring (bicyclic) bond motifs is 1. The number of benzene rings is 2. The fourth-order valence-corrected chi connectivity index (χ4v) is 2.66. The van der Waals surface area contributed by atoms with Gasteiger partial charge in [0.05, 0.1) is 5.56 Å². The third kappa shape index (κ3) is 2.83. The van der Waals surface area contributed by atoms with E-state index in [0.717, 1.165) is 5.56 Å². The number of anilines is 1. The summed E-state index contributed by atoms with van der Waals surface area (Å²) in [5, 5.41) is 9.32. The molecule has 1 heterocycles. The van der Waals surface area contributed by atoms with Crippen LogP contribution in [0.25, 0.3) is 11.1 Å². The van der Waals surface area contributed by atoms with E-state index in [1.165, 1.54) is 23.9 Å². The lowest BCUT2D eigenvalue weighted by Gasteiger charge is -2.00. The number of thioether (sulfide) groups is 1. The van der Waals surface area contributed by atoms with Crippen molar-refractivity contribution in [3.63, 3.8) is 0 Å². The third-order valence-corrected chi connectivity index (χ3v) is 3.80. The maximum Gasteiger partial charge on any atom is 0.257 e. The number of rotatable bonds is 3. The average molecular weight is 299 g/mol. The molecule has 3 rings (SSSR count). The summed E-state index contributed by atoms with van der Waals surface area (Å²) in [6, 6.07) is 11.6. The highest BCUT2D eigenvalue weighted by Gasteiger charge is 2.08. The van der Waals surface area contributed by atoms with Crippen molar-refractivity contribution in [3.8, 4) is 6.07 Å². The molecule has 3 aromatic rings. The third-order valence-electron chi connectivity index (χ3n) is 2.91. The molecular weight excluding hydrogens is 289 g/mol. The molecule has 0 radical (unpaired) electrons. The molecule has 21 heavy (non-hydrogen) atoms. The highest BCUT2D eigenvalue weighted by atomic mass is 32.2. The first kappa shape index (κ1) is 13.5. The van der Waals surface area contributed by atoms with Gasteiger partial charge in [0.1, 0.15) is 17.4 Å². The van der Waals surface area contributed by atoms with E-state index in [9.17, 15) is 4.39 Å². The predicted octanol–water partition coefficient (Wildman–Crippen LogP) is 3.71. The molecule has 0 bridgehead atoms. The first-order valence-corrected chi connectivity index (χ1v) is 7.11. The fourth-order valence-electron chi connectivity index (χ4n) is 1.88. The van der Waals surface area contributed by atoms with Gasteiger partial charge in [-0.3, -0.25) is 0 Å². The molecule has 0 aliphatic heterocycles. The van der Waals surface area contributed by atoms with Gasteiger partial charge in [-0.2, -0.15) is 5.26 Å². The quantitative estimate of drug-likeness (QED) is 0.589. The lowest BCUT2D eigenvalue weighted by molar-refractivity contribution is 0.489. The van der Waals surface area contributed by atoms with Crippen LogP contribution in [0.1, 0.15) is 11.1 Å². The van der Waals surface area contributed by atoms with Gasteiger partial charge >= 0.3 is 0 Å². The predicted molar refractivity (Wildman–Crippen MR) is 79.1 cm³/mol. The molecule has 1 aromatic heterocycles. The first-order chi connectivity index (χ1) is 10.2. The summed E-state index contributed by atoms with van der Waals surface area (Å²) in [6.45, 7) is 0. The second kappa shape index (κ2) is 5.46. The van der Waals surface area contributed by atoms with E-state index < -0.39 is 5.82 Å². The van der Waals surface area contributed by atoms with Crippen LogP contribution in [0.4, 0.5) is 10.1 Å². The zero-order chi connectivity index (χ0) is 14.8. The smallest absolute Gasteiger partial charge is 0.257 e. The van der Waals surface area contributed by atoms with Gasteiger partial charge < -0.3 is 10.2 Å². The molecule has 0 fully saturated rings. The molecule has 0 unspecified atom stereocenters. The van der Waals surface area contributed by atoms with Gasteiger partial charge in [-0.1, -0.05) is 17.8 Å². The van der Waals surface area contributed by atoms with Crippen LogP contribution in [-0.2, 0) is 5.75 Å². The SMILES string of the molecule is N#Cc1cc(CSc2nc3cc(N)ccc3o2)ccc1F. The van der Waals surface area contributed by atoms with Crippen molar-refractivity contribution < 1.29 is 8.81 Å². The second-order valence-electron chi connectivity index (χ2n) is 4.42. The highest BCUT2D eigenvalue weighted by Crippen LogP contribution is 2.27. The van der Waals surface area contributed by atoms with Crippen LogP contribution in [0.3, 0.4) is 0 Å². The van der Waals surface area contributed by atoms with Crippen LogP contribution in [0, 0.1) is 17.1 Å². The van der Waals surface area contributed by atoms with Crippen molar-refractivity contribution in [1.82, 2.24) is 4.98 Å². The lowest BCUT2D eigenvalue weighted by Crippen LogP contribution is -1.87. The van der Waals surface area contributed by atoms with Crippen LogP contribution in [0.2, 0.25) is 0 Å². The molecule has 2 N–H and O–H groups in total. The Kier molecular flexibility index (Phi) is 3.50.